The van der Waals surface area contributed by atoms with E-state index in [0.29, 0.717) is 29.4 Å². The maximum absolute atomic E-state index is 13.2. The molecule has 2 aliphatic heterocycles. The fourth-order valence-electron chi connectivity index (χ4n) is 5.64. The summed E-state index contributed by atoms with van der Waals surface area (Å²) in [6, 6.07) is 15.6. The highest BCUT2D eigenvalue weighted by molar-refractivity contribution is 5.83. The van der Waals surface area contributed by atoms with E-state index in [1.165, 1.54) is 18.5 Å². The predicted octanol–water partition coefficient (Wildman–Crippen LogP) is 4.40. The number of aliphatic hydroxyl groups is 1. The molecular weight excluding hydrogens is 457 g/mol. The maximum Gasteiger partial charge on any atom is 0.262 e. The number of nitrogens with zero attached hydrogens (tertiary/aromatic N) is 3. The monoisotopic (exact) mass is 493 g/mol. The minimum absolute atomic E-state index is 0.0696. The Morgan fingerprint density at radius 3 is 2.61 bits per heavy atom. The molecule has 2 aromatic carbocycles. The van der Waals surface area contributed by atoms with Crippen molar-refractivity contribution in [3.05, 3.63) is 65.1 Å². The summed E-state index contributed by atoms with van der Waals surface area (Å²) in [5, 5.41) is 11.2. The molecule has 1 aromatic heterocycles. The van der Waals surface area contributed by atoms with Crippen molar-refractivity contribution in [1.82, 2.24) is 9.47 Å². The molecule has 192 valence electrons. The highest BCUT2D eigenvalue weighted by Crippen LogP contribution is 2.41. The molecule has 2 atom stereocenters. The van der Waals surface area contributed by atoms with Crippen LogP contribution in [0.2, 0.25) is 0 Å². The smallest absolute Gasteiger partial charge is 0.262 e. The van der Waals surface area contributed by atoms with Gasteiger partial charge in [-0.15, -0.1) is 0 Å². The molecule has 0 amide bonds. The molecule has 0 bridgehead atoms. The topological polar surface area (TPSA) is 57.9 Å². The third-order valence-corrected chi connectivity index (χ3v) is 7.85. The van der Waals surface area contributed by atoms with Crippen molar-refractivity contribution in [1.29, 1.82) is 0 Å². The SMILES string of the molecule is CC[C@H](O)COc1ccc2c(=O)n(-c3ccc(N4CC[C@]5(CCN(CCCF)C5)C4)cc3)ccc2c1. The van der Waals surface area contributed by atoms with Crippen LogP contribution in [0.5, 0.6) is 5.75 Å². The summed E-state index contributed by atoms with van der Waals surface area (Å²) in [5.74, 6) is 0.646. The van der Waals surface area contributed by atoms with Gasteiger partial charge in [0.25, 0.3) is 5.56 Å². The molecule has 0 unspecified atom stereocenters. The van der Waals surface area contributed by atoms with Crippen molar-refractivity contribution in [3.63, 3.8) is 0 Å². The highest BCUT2D eigenvalue weighted by Gasteiger charge is 2.43. The largest absolute Gasteiger partial charge is 0.491 e. The van der Waals surface area contributed by atoms with Crippen LogP contribution in [0.1, 0.15) is 32.6 Å². The van der Waals surface area contributed by atoms with Crippen LogP contribution in [-0.4, -0.2) is 66.7 Å². The van der Waals surface area contributed by atoms with Crippen molar-refractivity contribution in [3.8, 4) is 11.4 Å². The van der Waals surface area contributed by atoms with Gasteiger partial charge >= 0.3 is 0 Å². The van der Waals surface area contributed by atoms with E-state index in [1.807, 2.05) is 31.2 Å². The Labute approximate surface area is 211 Å². The number of hydrogen-bond acceptors (Lipinski definition) is 5. The van der Waals surface area contributed by atoms with Crippen LogP contribution in [0.25, 0.3) is 16.5 Å². The van der Waals surface area contributed by atoms with Crippen LogP contribution in [0.3, 0.4) is 0 Å². The number of aromatic nitrogens is 1. The number of ether oxygens (including phenoxy) is 1. The first kappa shape index (κ1) is 24.8. The van der Waals surface area contributed by atoms with Gasteiger partial charge in [0, 0.05) is 54.6 Å². The van der Waals surface area contributed by atoms with E-state index in [9.17, 15) is 14.3 Å². The lowest BCUT2D eigenvalue weighted by atomic mass is 9.86. The average Bonchev–Trinajstić information content (AvgIpc) is 3.52. The summed E-state index contributed by atoms with van der Waals surface area (Å²) in [5.41, 5.74) is 2.27. The summed E-state index contributed by atoms with van der Waals surface area (Å²) >= 11 is 0. The third kappa shape index (κ3) is 5.13. The molecule has 1 spiro atoms. The predicted molar refractivity (Wildman–Crippen MR) is 142 cm³/mol. The molecule has 1 N–H and O–H groups in total. The zero-order valence-corrected chi connectivity index (χ0v) is 21.0. The number of hydrogen-bond donors (Lipinski definition) is 1. The van der Waals surface area contributed by atoms with Gasteiger partial charge in [-0.2, -0.15) is 0 Å². The first-order chi connectivity index (χ1) is 17.5. The van der Waals surface area contributed by atoms with Crippen molar-refractivity contribution >= 4 is 16.5 Å². The van der Waals surface area contributed by atoms with Gasteiger partial charge in [0.15, 0.2) is 0 Å². The standard InChI is InChI=1S/C29H36FN3O3/c1-2-25(34)19-36-26-8-9-27-22(18-26)10-15-33(28(27)35)24-6-4-23(5-7-24)32-17-12-29(21-32)11-16-31(20-29)14-3-13-30/h4-10,15,18,25,34H,2-3,11-14,16-17,19-21H2,1H3/t25-,29-/m0/s1. The van der Waals surface area contributed by atoms with Gasteiger partial charge in [-0.05, 0) is 86.1 Å². The fraction of sp³-hybridized carbons (Fsp3) is 0.483. The number of aliphatic hydroxyl groups excluding tert-OH is 1. The Morgan fingerprint density at radius 2 is 1.83 bits per heavy atom. The van der Waals surface area contributed by atoms with Crippen molar-refractivity contribution in [2.75, 3.05) is 50.9 Å². The van der Waals surface area contributed by atoms with Gasteiger partial charge in [-0.1, -0.05) is 6.92 Å². The van der Waals surface area contributed by atoms with Gasteiger partial charge < -0.3 is 19.6 Å². The second kappa shape index (κ2) is 10.6. The zero-order chi connectivity index (χ0) is 25.1. The number of likely N-dealkylation sites (tertiary alicyclic amines) is 1. The van der Waals surface area contributed by atoms with E-state index in [0.717, 1.165) is 43.8 Å². The van der Waals surface area contributed by atoms with Crippen LogP contribution in [0.15, 0.2) is 59.5 Å². The van der Waals surface area contributed by atoms with Crippen LogP contribution >= 0.6 is 0 Å². The minimum atomic E-state index is -0.497. The van der Waals surface area contributed by atoms with E-state index >= 15 is 0 Å². The zero-order valence-electron chi connectivity index (χ0n) is 21.0. The Hall–Kier alpha value is -2.90. The summed E-state index contributed by atoms with van der Waals surface area (Å²) in [7, 11) is 0. The summed E-state index contributed by atoms with van der Waals surface area (Å²) < 4.78 is 19.9. The number of fused-ring (bicyclic) bond motifs is 1. The molecule has 6 nitrogen and oxygen atoms in total. The first-order valence-electron chi connectivity index (χ1n) is 13.1. The van der Waals surface area contributed by atoms with Crippen LogP contribution < -0.4 is 15.2 Å². The molecule has 5 rings (SSSR count). The average molecular weight is 494 g/mol. The number of halogens is 1. The second-order valence-corrected chi connectivity index (χ2v) is 10.4. The van der Waals surface area contributed by atoms with E-state index in [2.05, 4.69) is 21.9 Å². The second-order valence-electron chi connectivity index (χ2n) is 10.4. The molecule has 36 heavy (non-hydrogen) atoms. The fourth-order valence-corrected chi connectivity index (χ4v) is 5.64. The number of pyridine rings is 1. The Bertz CT molecular complexity index is 1240. The van der Waals surface area contributed by atoms with Crippen LogP contribution in [0.4, 0.5) is 10.1 Å². The Kier molecular flexibility index (Phi) is 7.30. The maximum atomic E-state index is 13.2. The quantitative estimate of drug-likeness (QED) is 0.479. The van der Waals surface area contributed by atoms with Gasteiger partial charge in [-0.25, -0.2) is 0 Å². The number of anilines is 1. The van der Waals surface area contributed by atoms with Gasteiger partial charge in [-0.3, -0.25) is 13.8 Å². The molecule has 0 radical (unpaired) electrons. The van der Waals surface area contributed by atoms with Crippen LogP contribution in [0, 0.1) is 5.41 Å². The molecule has 0 saturated carbocycles. The molecule has 2 fully saturated rings. The van der Waals surface area contributed by atoms with Crippen molar-refractivity contribution in [2.24, 2.45) is 5.41 Å². The Morgan fingerprint density at radius 1 is 1.06 bits per heavy atom. The molecule has 7 heteroatoms. The Balaban J connectivity index is 1.28. The lowest BCUT2D eigenvalue weighted by molar-refractivity contribution is 0.104. The number of alkyl halides is 1. The molecule has 0 aliphatic carbocycles. The molecule has 2 aliphatic rings. The van der Waals surface area contributed by atoms with E-state index in [1.54, 1.807) is 22.9 Å². The van der Waals surface area contributed by atoms with Gasteiger partial charge in [0.05, 0.1) is 12.8 Å². The lowest BCUT2D eigenvalue weighted by Crippen LogP contribution is -2.31. The molecule has 3 aromatic rings. The minimum Gasteiger partial charge on any atom is -0.491 e. The number of benzene rings is 2. The van der Waals surface area contributed by atoms with Gasteiger partial charge in [0.1, 0.15) is 12.4 Å². The third-order valence-electron chi connectivity index (χ3n) is 7.85. The summed E-state index contributed by atoms with van der Waals surface area (Å²) in [6.07, 6.45) is 4.94. The lowest BCUT2D eigenvalue weighted by Gasteiger charge is -2.25. The normalized spacial score (nSPS) is 21.0. The van der Waals surface area contributed by atoms with Crippen LogP contribution in [-0.2, 0) is 0 Å². The van der Waals surface area contributed by atoms with E-state index < -0.39 is 6.10 Å². The molecular formula is C29H36FN3O3. The van der Waals surface area contributed by atoms with Crippen molar-refractivity contribution in [2.45, 2.75) is 38.7 Å². The summed E-state index contributed by atoms with van der Waals surface area (Å²) in [6.45, 7) is 6.99. The van der Waals surface area contributed by atoms with Gasteiger partial charge in [0.2, 0.25) is 0 Å². The first-order valence-corrected chi connectivity index (χ1v) is 13.1. The number of rotatable bonds is 9. The molecule has 2 saturated heterocycles. The van der Waals surface area contributed by atoms with E-state index in [-0.39, 0.29) is 18.8 Å². The van der Waals surface area contributed by atoms with Crippen molar-refractivity contribution < 1.29 is 14.2 Å². The summed E-state index contributed by atoms with van der Waals surface area (Å²) in [4.78, 5) is 18.1. The highest BCUT2D eigenvalue weighted by atomic mass is 19.1. The molecule has 3 heterocycles. The van der Waals surface area contributed by atoms with E-state index in [4.69, 9.17) is 4.74 Å².